The number of aldehydes is 1. The van der Waals surface area contributed by atoms with E-state index in [-0.39, 0.29) is 5.92 Å². The summed E-state index contributed by atoms with van der Waals surface area (Å²) in [7, 11) is 1.97. The van der Waals surface area contributed by atoms with Crippen molar-refractivity contribution >= 4 is 6.29 Å². The number of carbonyl (C=O) groups is 1. The molecular formula is C23H36O2. The van der Waals surface area contributed by atoms with Crippen LogP contribution in [-0.4, -0.2) is 19.5 Å². The summed E-state index contributed by atoms with van der Waals surface area (Å²) in [5.41, 5.74) is 1.45. The third kappa shape index (κ3) is 1.79. The molecule has 0 N–H and O–H groups in total. The molecule has 5 rings (SSSR count). The van der Waals surface area contributed by atoms with Crippen LogP contribution in [0.15, 0.2) is 0 Å². The van der Waals surface area contributed by atoms with E-state index < -0.39 is 0 Å². The highest BCUT2D eigenvalue weighted by atomic mass is 16.5. The topological polar surface area (TPSA) is 26.3 Å². The summed E-state index contributed by atoms with van der Waals surface area (Å²) in [4.78, 5) is 11.5. The Morgan fingerprint density at radius 1 is 1.08 bits per heavy atom. The van der Waals surface area contributed by atoms with E-state index in [1.807, 2.05) is 7.11 Å². The summed E-state index contributed by atoms with van der Waals surface area (Å²) in [6, 6.07) is 0. The second kappa shape index (κ2) is 5.12. The first kappa shape index (κ1) is 16.8. The highest BCUT2D eigenvalue weighted by Crippen LogP contribution is 2.82. The molecule has 5 aliphatic carbocycles. The van der Waals surface area contributed by atoms with E-state index in [4.69, 9.17) is 4.74 Å². The number of hydrogen-bond acceptors (Lipinski definition) is 2. The summed E-state index contributed by atoms with van der Waals surface area (Å²) < 4.78 is 6.18. The van der Waals surface area contributed by atoms with Gasteiger partial charge in [0.25, 0.3) is 0 Å². The first-order chi connectivity index (χ1) is 11.9. The molecule has 0 heterocycles. The van der Waals surface area contributed by atoms with Crippen LogP contribution in [0.4, 0.5) is 0 Å². The molecule has 1 spiro atoms. The maximum absolute atomic E-state index is 11.5. The van der Waals surface area contributed by atoms with Gasteiger partial charge in [0.2, 0.25) is 0 Å². The number of rotatable bonds is 3. The van der Waals surface area contributed by atoms with Crippen molar-refractivity contribution < 1.29 is 9.53 Å². The zero-order valence-corrected chi connectivity index (χ0v) is 16.6. The van der Waals surface area contributed by atoms with Crippen molar-refractivity contribution in [3.05, 3.63) is 0 Å². The van der Waals surface area contributed by atoms with Crippen LogP contribution in [-0.2, 0) is 9.53 Å². The lowest BCUT2D eigenvalue weighted by atomic mass is 9.45. The van der Waals surface area contributed by atoms with E-state index in [9.17, 15) is 4.79 Å². The molecule has 5 fully saturated rings. The Balaban J connectivity index is 1.50. The fourth-order valence-electron chi connectivity index (χ4n) is 9.58. The highest BCUT2D eigenvalue weighted by molar-refractivity contribution is 5.53. The fraction of sp³-hybridized carbons (Fsp3) is 0.957. The van der Waals surface area contributed by atoms with Crippen LogP contribution in [0.5, 0.6) is 0 Å². The summed E-state index contributed by atoms with van der Waals surface area (Å²) >= 11 is 0. The number of fused-ring (bicyclic) bond motifs is 4. The Labute approximate surface area is 153 Å². The van der Waals surface area contributed by atoms with Crippen molar-refractivity contribution in [3.8, 4) is 0 Å². The third-order valence-electron chi connectivity index (χ3n) is 10.8. The maximum Gasteiger partial charge on any atom is 0.123 e. The molecule has 6 unspecified atom stereocenters. The largest absolute Gasteiger partial charge is 0.381 e. The third-order valence-corrected chi connectivity index (χ3v) is 10.8. The van der Waals surface area contributed by atoms with Crippen LogP contribution in [0.25, 0.3) is 0 Å². The van der Waals surface area contributed by atoms with Crippen LogP contribution in [0, 0.1) is 51.8 Å². The van der Waals surface area contributed by atoms with Gasteiger partial charge in [0.05, 0.1) is 6.10 Å². The second-order valence-electron chi connectivity index (χ2n) is 11.0. The van der Waals surface area contributed by atoms with Crippen LogP contribution < -0.4 is 0 Å². The monoisotopic (exact) mass is 344 g/mol. The van der Waals surface area contributed by atoms with Crippen LogP contribution in [0.2, 0.25) is 0 Å². The minimum absolute atomic E-state index is 0.231. The van der Waals surface area contributed by atoms with Crippen LogP contribution >= 0.6 is 0 Å². The average molecular weight is 345 g/mol. The zero-order chi connectivity index (χ0) is 17.6. The van der Waals surface area contributed by atoms with E-state index in [2.05, 4.69) is 20.8 Å². The first-order valence-corrected chi connectivity index (χ1v) is 10.9. The normalized spacial score (nSPS) is 60.2. The van der Waals surface area contributed by atoms with Crippen LogP contribution in [0.1, 0.15) is 72.1 Å². The molecular weight excluding hydrogens is 308 g/mol. The molecule has 10 atom stereocenters. The summed E-state index contributed by atoms with van der Waals surface area (Å²) in [6.07, 6.45) is 12.7. The molecule has 0 amide bonds. The molecule has 0 saturated heterocycles. The predicted octanol–water partition coefficient (Wildman–Crippen LogP) is 5.11. The molecule has 5 saturated carbocycles. The Hall–Kier alpha value is -0.370. The molecule has 0 aliphatic heterocycles. The van der Waals surface area contributed by atoms with E-state index in [1.165, 1.54) is 57.7 Å². The van der Waals surface area contributed by atoms with Gasteiger partial charge in [-0.2, -0.15) is 0 Å². The summed E-state index contributed by atoms with van der Waals surface area (Å²) in [6.45, 7) is 7.35. The van der Waals surface area contributed by atoms with Gasteiger partial charge in [-0.1, -0.05) is 20.8 Å². The molecule has 25 heavy (non-hydrogen) atoms. The summed E-state index contributed by atoms with van der Waals surface area (Å²) in [5.74, 6) is 4.37. The predicted molar refractivity (Wildman–Crippen MR) is 99.1 cm³/mol. The molecule has 0 aromatic carbocycles. The van der Waals surface area contributed by atoms with Crippen molar-refractivity contribution in [1.82, 2.24) is 0 Å². The van der Waals surface area contributed by atoms with Gasteiger partial charge in [0.15, 0.2) is 0 Å². The molecule has 140 valence electrons. The van der Waals surface area contributed by atoms with Gasteiger partial charge >= 0.3 is 0 Å². The Morgan fingerprint density at radius 2 is 1.88 bits per heavy atom. The van der Waals surface area contributed by atoms with Gasteiger partial charge in [-0.25, -0.2) is 0 Å². The lowest BCUT2D eigenvalue weighted by molar-refractivity contribution is -0.161. The van der Waals surface area contributed by atoms with E-state index >= 15 is 0 Å². The minimum atomic E-state index is 0.231. The van der Waals surface area contributed by atoms with Crippen molar-refractivity contribution in [2.24, 2.45) is 51.8 Å². The molecule has 0 aromatic rings. The van der Waals surface area contributed by atoms with E-state index in [0.717, 1.165) is 23.7 Å². The Bertz CT molecular complexity index is 587. The number of ether oxygens (including phenoxy) is 1. The number of carbonyl (C=O) groups excluding carboxylic acids is 1. The van der Waals surface area contributed by atoms with Crippen molar-refractivity contribution in [2.75, 3.05) is 7.11 Å². The van der Waals surface area contributed by atoms with Gasteiger partial charge in [-0.05, 0) is 91.8 Å². The second-order valence-corrected chi connectivity index (χ2v) is 11.0. The van der Waals surface area contributed by atoms with E-state index in [1.54, 1.807) is 0 Å². The fourth-order valence-corrected chi connectivity index (χ4v) is 9.58. The molecule has 0 bridgehead atoms. The highest BCUT2D eigenvalue weighted by Gasteiger charge is 2.77. The molecule has 5 aliphatic rings. The maximum atomic E-state index is 11.5. The van der Waals surface area contributed by atoms with Gasteiger partial charge in [-0.15, -0.1) is 0 Å². The Kier molecular flexibility index (Phi) is 3.43. The van der Waals surface area contributed by atoms with Gasteiger partial charge in [-0.3, -0.25) is 0 Å². The first-order valence-electron chi connectivity index (χ1n) is 10.9. The quantitative estimate of drug-likeness (QED) is 0.665. The average Bonchev–Trinajstić information content (AvgIpc) is 3.12. The lowest BCUT2D eigenvalue weighted by Crippen LogP contribution is -2.57. The van der Waals surface area contributed by atoms with Crippen molar-refractivity contribution in [3.63, 3.8) is 0 Å². The van der Waals surface area contributed by atoms with Gasteiger partial charge in [0, 0.05) is 18.4 Å². The zero-order valence-electron chi connectivity index (χ0n) is 16.6. The van der Waals surface area contributed by atoms with Crippen molar-refractivity contribution in [1.29, 1.82) is 0 Å². The molecule has 2 heteroatoms. The SMILES string of the molecule is CO[C@@H]1CC2C3CCC([C@H](C)C=O)[C@@]3(C)CCC2[C@@]2(C)CCC3CC312. The Morgan fingerprint density at radius 3 is 2.56 bits per heavy atom. The molecule has 0 aromatic heterocycles. The van der Waals surface area contributed by atoms with Gasteiger partial charge in [0.1, 0.15) is 6.29 Å². The molecule has 2 nitrogen and oxygen atoms in total. The van der Waals surface area contributed by atoms with Crippen molar-refractivity contribution in [2.45, 2.75) is 78.2 Å². The smallest absolute Gasteiger partial charge is 0.123 e. The lowest BCUT2D eigenvalue weighted by Gasteiger charge is -2.61. The number of hydrogen-bond donors (Lipinski definition) is 0. The summed E-state index contributed by atoms with van der Waals surface area (Å²) in [5, 5.41) is 0. The number of methoxy groups -OCH3 is 1. The minimum Gasteiger partial charge on any atom is -0.381 e. The van der Waals surface area contributed by atoms with E-state index in [0.29, 0.717) is 28.3 Å². The standard InChI is InChI=1S/C23H36O2/c1-14(13-24)17-5-6-18-16-11-20(25-4)23-12-15(23)7-10-22(23,3)19(16)8-9-21(17,18)2/h13-20H,5-12H2,1-4H3/t14-,15?,16?,17?,18?,19?,20-,21-,22-,23?/m1/s1. The molecule has 0 radical (unpaired) electrons. The van der Waals surface area contributed by atoms with Crippen LogP contribution in [0.3, 0.4) is 0 Å². The van der Waals surface area contributed by atoms with Gasteiger partial charge < -0.3 is 9.53 Å².